The summed E-state index contributed by atoms with van der Waals surface area (Å²) in [6.45, 7) is 1.77. The number of hydrogen-bond acceptors (Lipinski definition) is 7. The molecular weight excluding hydrogens is 496 g/mol. The Bertz CT molecular complexity index is 1340. The van der Waals surface area contributed by atoms with Crippen molar-refractivity contribution in [2.75, 3.05) is 31.0 Å². The number of aryl methyl sites for hydroxylation is 1. The van der Waals surface area contributed by atoms with Crippen LogP contribution in [0.4, 0.5) is 11.4 Å². The number of anilines is 2. The second-order valence-electron chi connectivity index (χ2n) is 7.80. The van der Waals surface area contributed by atoms with Gasteiger partial charge in [0.2, 0.25) is 0 Å². The minimum Gasteiger partial charge on any atom is -0.495 e. The third kappa shape index (κ3) is 5.69. The number of ether oxygens (including phenoxy) is 3. The fourth-order valence-electron chi connectivity index (χ4n) is 3.51. The summed E-state index contributed by atoms with van der Waals surface area (Å²) in [5.74, 6) is 0.868. The van der Waals surface area contributed by atoms with E-state index in [1.165, 1.54) is 30.9 Å². The first-order valence-corrected chi connectivity index (χ1v) is 12.2. The van der Waals surface area contributed by atoms with E-state index < -0.39 is 0 Å². The Balaban J connectivity index is 1.45. The van der Waals surface area contributed by atoms with Gasteiger partial charge in [-0.1, -0.05) is 59.9 Å². The van der Waals surface area contributed by atoms with Crippen molar-refractivity contribution in [2.24, 2.45) is 0 Å². The van der Waals surface area contributed by atoms with E-state index >= 15 is 0 Å². The topological polar surface area (TPSA) is 77.1 Å². The van der Waals surface area contributed by atoms with Crippen LogP contribution in [0.1, 0.15) is 11.1 Å². The molecule has 0 aliphatic carbocycles. The Morgan fingerprint density at radius 3 is 2.44 bits per heavy atom. The van der Waals surface area contributed by atoms with E-state index in [9.17, 15) is 9.59 Å². The van der Waals surface area contributed by atoms with Crippen molar-refractivity contribution in [3.8, 4) is 17.2 Å². The minimum atomic E-state index is -0.342. The molecule has 3 aromatic carbocycles. The summed E-state index contributed by atoms with van der Waals surface area (Å²) in [6, 6.07) is 20.0. The normalized spacial score (nSPS) is 14.2. The zero-order valence-electron chi connectivity index (χ0n) is 19.9. The number of thioether (sulfide) groups is 1. The predicted octanol–water partition coefficient (Wildman–Crippen LogP) is 5.44. The summed E-state index contributed by atoms with van der Waals surface area (Å²) in [5, 5.41) is 2.76. The van der Waals surface area contributed by atoms with Crippen LogP contribution in [-0.4, -0.2) is 37.0 Å². The Hall–Kier alpha value is -3.82. The van der Waals surface area contributed by atoms with Gasteiger partial charge in [-0.05, 0) is 55.0 Å². The Morgan fingerprint density at radius 1 is 1.00 bits per heavy atom. The molecule has 1 heterocycles. The van der Waals surface area contributed by atoms with Gasteiger partial charge in [0.05, 0.1) is 30.5 Å². The lowest BCUT2D eigenvalue weighted by atomic mass is 10.1. The largest absolute Gasteiger partial charge is 0.495 e. The molecule has 0 aromatic heterocycles. The van der Waals surface area contributed by atoms with Crippen LogP contribution < -0.4 is 24.4 Å². The third-order valence-electron chi connectivity index (χ3n) is 5.31. The number of thiocarbonyl (C=S) groups is 1. The molecule has 184 valence electrons. The molecule has 4 rings (SSSR count). The van der Waals surface area contributed by atoms with E-state index in [-0.39, 0.29) is 18.4 Å². The second kappa shape index (κ2) is 11.3. The minimum absolute atomic E-state index is 0.179. The highest BCUT2D eigenvalue weighted by atomic mass is 32.2. The molecule has 0 unspecified atom stereocenters. The molecule has 36 heavy (non-hydrogen) atoms. The number of rotatable bonds is 8. The summed E-state index contributed by atoms with van der Waals surface area (Å²) in [7, 11) is 3.05. The first-order chi connectivity index (χ1) is 17.4. The standard InChI is InChI=1S/C27H24N2O5S2/c1-17-8-11-19(12-9-17)29-26(31)24(36-27(29)35)15-18-10-13-22(23(14-18)33-3)34-16-25(30)28-20-6-4-5-7-21(20)32-2/h4-15H,16H2,1-3H3,(H,28,30)/b24-15+. The predicted molar refractivity (Wildman–Crippen MR) is 147 cm³/mol. The van der Waals surface area contributed by atoms with E-state index in [1.807, 2.05) is 37.3 Å². The van der Waals surface area contributed by atoms with Gasteiger partial charge in [-0.2, -0.15) is 0 Å². The van der Waals surface area contributed by atoms with E-state index in [0.717, 1.165) is 16.8 Å². The van der Waals surface area contributed by atoms with Gasteiger partial charge in [0, 0.05) is 0 Å². The molecule has 1 saturated heterocycles. The maximum atomic E-state index is 13.0. The van der Waals surface area contributed by atoms with Crippen LogP contribution in [0.5, 0.6) is 17.2 Å². The fraction of sp³-hybridized carbons (Fsp3) is 0.148. The number of nitrogens with one attached hydrogen (secondary N) is 1. The quantitative estimate of drug-likeness (QED) is 0.313. The van der Waals surface area contributed by atoms with Crippen molar-refractivity contribution in [1.82, 2.24) is 0 Å². The highest BCUT2D eigenvalue weighted by Gasteiger charge is 2.33. The zero-order valence-corrected chi connectivity index (χ0v) is 21.6. The van der Waals surface area contributed by atoms with Crippen molar-refractivity contribution < 1.29 is 23.8 Å². The lowest BCUT2D eigenvalue weighted by Crippen LogP contribution is -2.27. The molecule has 2 amide bonds. The molecule has 7 nitrogen and oxygen atoms in total. The van der Waals surface area contributed by atoms with Gasteiger partial charge in [-0.25, -0.2) is 0 Å². The molecule has 0 saturated carbocycles. The van der Waals surface area contributed by atoms with Gasteiger partial charge >= 0.3 is 0 Å². The summed E-state index contributed by atoms with van der Waals surface area (Å²) < 4.78 is 16.9. The third-order valence-corrected chi connectivity index (χ3v) is 6.61. The summed E-state index contributed by atoms with van der Waals surface area (Å²) in [4.78, 5) is 27.5. The van der Waals surface area contributed by atoms with Crippen LogP contribution in [0.25, 0.3) is 6.08 Å². The van der Waals surface area contributed by atoms with Crippen molar-refractivity contribution in [1.29, 1.82) is 0 Å². The molecule has 0 bridgehead atoms. The highest BCUT2D eigenvalue weighted by Crippen LogP contribution is 2.37. The number of carbonyl (C=O) groups is 2. The number of amides is 2. The van der Waals surface area contributed by atoms with Crippen LogP contribution in [-0.2, 0) is 9.59 Å². The maximum Gasteiger partial charge on any atom is 0.270 e. The van der Waals surface area contributed by atoms with Gasteiger partial charge in [-0.15, -0.1) is 0 Å². The molecule has 3 aromatic rings. The number of carbonyl (C=O) groups excluding carboxylic acids is 2. The zero-order chi connectivity index (χ0) is 25.7. The Kier molecular flexibility index (Phi) is 7.92. The first-order valence-electron chi connectivity index (χ1n) is 11.0. The number of hydrogen-bond donors (Lipinski definition) is 1. The lowest BCUT2D eigenvalue weighted by Gasteiger charge is -2.14. The number of methoxy groups -OCH3 is 2. The molecule has 1 aliphatic rings. The van der Waals surface area contributed by atoms with Gasteiger partial charge < -0.3 is 19.5 Å². The molecule has 0 spiro atoms. The molecule has 9 heteroatoms. The SMILES string of the molecule is COc1ccccc1NC(=O)COc1ccc(/C=C2/SC(=S)N(c3ccc(C)cc3)C2=O)cc1OC. The molecule has 0 atom stereocenters. The lowest BCUT2D eigenvalue weighted by molar-refractivity contribution is -0.118. The van der Waals surface area contributed by atoms with Gasteiger partial charge in [0.15, 0.2) is 22.4 Å². The maximum absolute atomic E-state index is 13.0. The average molecular weight is 521 g/mol. The molecule has 1 aliphatic heterocycles. The molecule has 1 fully saturated rings. The molecule has 0 radical (unpaired) electrons. The van der Waals surface area contributed by atoms with Crippen molar-refractivity contribution in [2.45, 2.75) is 6.92 Å². The van der Waals surface area contributed by atoms with Crippen molar-refractivity contribution in [3.05, 3.63) is 82.8 Å². The van der Waals surface area contributed by atoms with Gasteiger partial charge in [-0.3, -0.25) is 14.5 Å². The number of para-hydroxylation sites is 2. The van der Waals surface area contributed by atoms with Crippen LogP contribution in [0.15, 0.2) is 71.6 Å². The van der Waals surface area contributed by atoms with Crippen molar-refractivity contribution >= 4 is 57.6 Å². The smallest absolute Gasteiger partial charge is 0.270 e. The number of benzene rings is 3. The van der Waals surface area contributed by atoms with E-state index in [0.29, 0.717) is 32.2 Å². The number of nitrogens with zero attached hydrogens (tertiary/aromatic N) is 1. The van der Waals surface area contributed by atoms with E-state index in [4.69, 9.17) is 26.4 Å². The first kappa shape index (κ1) is 25.3. The molecular formula is C27H24N2O5S2. The Labute approximate surface area is 219 Å². The summed E-state index contributed by atoms with van der Waals surface area (Å²) in [5.41, 5.74) is 3.13. The summed E-state index contributed by atoms with van der Waals surface area (Å²) >= 11 is 6.70. The van der Waals surface area contributed by atoms with Crippen LogP contribution in [0.3, 0.4) is 0 Å². The van der Waals surface area contributed by atoms with Gasteiger partial charge in [0.25, 0.3) is 11.8 Å². The van der Waals surface area contributed by atoms with Gasteiger partial charge in [0.1, 0.15) is 5.75 Å². The highest BCUT2D eigenvalue weighted by molar-refractivity contribution is 8.27. The van der Waals surface area contributed by atoms with E-state index in [2.05, 4.69) is 5.32 Å². The second-order valence-corrected chi connectivity index (χ2v) is 9.48. The summed E-state index contributed by atoms with van der Waals surface area (Å²) in [6.07, 6.45) is 1.76. The van der Waals surface area contributed by atoms with Crippen LogP contribution in [0.2, 0.25) is 0 Å². The fourth-order valence-corrected chi connectivity index (χ4v) is 4.81. The monoisotopic (exact) mass is 520 g/mol. The van der Waals surface area contributed by atoms with Crippen molar-refractivity contribution in [3.63, 3.8) is 0 Å². The Morgan fingerprint density at radius 2 is 1.72 bits per heavy atom. The van der Waals surface area contributed by atoms with Crippen LogP contribution in [0, 0.1) is 6.92 Å². The average Bonchev–Trinajstić information content (AvgIpc) is 3.16. The van der Waals surface area contributed by atoms with E-state index in [1.54, 1.807) is 42.5 Å². The molecule has 1 N–H and O–H groups in total. The van der Waals surface area contributed by atoms with Crippen LogP contribution >= 0.6 is 24.0 Å².